The largest absolute Gasteiger partial charge is 0.464 e. The van der Waals surface area contributed by atoms with E-state index in [0.29, 0.717) is 21.8 Å². The molecule has 8 heteroatoms. The Kier molecular flexibility index (Phi) is 5.10. The average Bonchev–Trinajstić information content (AvgIpc) is 2.33. The molecule has 1 aromatic carbocycles. The lowest BCUT2D eigenvalue weighted by atomic mass is 10.4. The number of nitrogens with zero attached hydrogens (tertiary/aromatic N) is 3. The molecule has 0 fully saturated rings. The zero-order chi connectivity index (χ0) is 13.8. The van der Waals surface area contributed by atoms with Crippen LogP contribution < -0.4 is 4.74 Å². The Morgan fingerprint density at radius 3 is 2.58 bits per heavy atom. The summed E-state index contributed by atoms with van der Waals surface area (Å²) in [4.78, 5) is 12.8. The summed E-state index contributed by atoms with van der Waals surface area (Å²) in [6, 6.07) is 5.45. The normalized spacial score (nSPS) is 10.5. The highest BCUT2D eigenvalue weighted by Crippen LogP contribution is 2.31. The van der Waals surface area contributed by atoms with Crippen molar-refractivity contribution >= 4 is 46.6 Å². The Balaban J connectivity index is 2.24. The van der Waals surface area contributed by atoms with Gasteiger partial charge in [0, 0.05) is 4.90 Å². The third-order valence-electron chi connectivity index (χ3n) is 1.94. The molecule has 0 radical (unpaired) electrons. The molecule has 0 N–H and O–H groups in total. The van der Waals surface area contributed by atoms with Crippen molar-refractivity contribution in [1.82, 2.24) is 15.0 Å². The van der Waals surface area contributed by atoms with Gasteiger partial charge in [0.15, 0.2) is 5.16 Å². The van der Waals surface area contributed by atoms with E-state index in [1.807, 2.05) is 13.0 Å². The van der Waals surface area contributed by atoms with Gasteiger partial charge < -0.3 is 4.74 Å². The summed E-state index contributed by atoms with van der Waals surface area (Å²) >= 11 is 18.9. The van der Waals surface area contributed by atoms with Gasteiger partial charge in [-0.3, -0.25) is 0 Å². The van der Waals surface area contributed by atoms with Crippen LogP contribution in [0.5, 0.6) is 6.01 Å². The topological polar surface area (TPSA) is 47.9 Å². The van der Waals surface area contributed by atoms with Crippen LogP contribution in [-0.4, -0.2) is 21.6 Å². The van der Waals surface area contributed by atoms with Gasteiger partial charge in [0.25, 0.3) is 0 Å². The fourth-order valence-corrected chi connectivity index (χ4v) is 2.54. The van der Waals surface area contributed by atoms with Crippen LogP contribution in [0.2, 0.25) is 15.3 Å². The number of rotatable bonds is 4. The van der Waals surface area contributed by atoms with Gasteiger partial charge in [-0.25, -0.2) is 0 Å². The molecule has 1 aromatic heterocycles. The average molecular weight is 337 g/mol. The number of aromatic nitrogens is 3. The first-order valence-corrected chi connectivity index (χ1v) is 7.21. The van der Waals surface area contributed by atoms with Gasteiger partial charge in [-0.2, -0.15) is 15.0 Å². The van der Waals surface area contributed by atoms with E-state index in [9.17, 15) is 0 Å². The molecular formula is C11H8Cl3N3OS. The van der Waals surface area contributed by atoms with E-state index in [1.165, 1.54) is 11.8 Å². The van der Waals surface area contributed by atoms with Crippen LogP contribution in [0.25, 0.3) is 0 Å². The Morgan fingerprint density at radius 2 is 1.89 bits per heavy atom. The van der Waals surface area contributed by atoms with Crippen LogP contribution in [0.15, 0.2) is 28.3 Å². The van der Waals surface area contributed by atoms with Gasteiger partial charge in [-0.1, -0.05) is 23.2 Å². The third kappa shape index (κ3) is 4.11. The number of benzene rings is 1. The van der Waals surface area contributed by atoms with Crippen molar-refractivity contribution in [2.24, 2.45) is 0 Å². The Morgan fingerprint density at radius 1 is 1.11 bits per heavy atom. The lowest BCUT2D eigenvalue weighted by molar-refractivity contribution is 0.307. The molecule has 1 heterocycles. The molecule has 0 atom stereocenters. The van der Waals surface area contributed by atoms with Crippen molar-refractivity contribution in [3.8, 4) is 6.01 Å². The predicted octanol–water partition coefficient (Wildman–Crippen LogP) is 4.38. The van der Waals surface area contributed by atoms with Crippen molar-refractivity contribution < 1.29 is 4.74 Å². The minimum atomic E-state index is 0.0843. The monoisotopic (exact) mass is 335 g/mol. The summed E-state index contributed by atoms with van der Waals surface area (Å²) in [5.74, 6) is 0. The van der Waals surface area contributed by atoms with Gasteiger partial charge in [0.1, 0.15) is 0 Å². The molecule has 0 unspecified atom stereocenters. The third-order valence-corrected chi connectivity index (χ3v) is 3.70. The van der Waals surface area contributed by atoms with Crippen LogP contribution in [0.1, 0.15) is 6.92 Å². The van der Waals surface area contributed by atoms with Gasteiger partial charge in [-0.05, 0) is 48.5 Å². The standard InChI is InChI=1S/C11H8Cl3N3OS/c1-2-18-10-15-9(14)16-11(17-10)19-6-3-4-7(12)8(13)5-6/h3-5H,2H2,1H3. The summed E-state index contributed by atoms with van der Waals surface area (Å²) in [7, 11) is 0. The molecule has 4 nitrogen and oxygen atoms in total. The van der Waals surface area contributed by atoms with Crippen LogP contribution in [-0.2, 0) is 0 Å². The van der Waals surface area contributed by atoms with Crippen LogP contribution >= 0.6 is 46.6 Å². The molecule has 0 bridgehead atoms. The van der Waals surface area contributed by atoms with Crippen molar-refractivity contribution in [1.29, 1.82) is 0 Å². The van der Waals surface area contributed by atoms with E-state index in [1.54, 1.807) is 12.1 Å². The second-order valence-corrected chi connectivity index (χ2v) is 5.47. The summed E-state index contributed by atoms with van der Waals surface area (Å²) in [5, 5.41) is 1.48. The molecule has 19 heavy (non-hydrogen) atoms. The van der Waals surface area contributed by atoms with E-state index in [-0.39, 0.29) is 11.3 Å². The quantitative estimate of drug-likeness (QED) is 0.829. The van der Waals surface area contributed by atoms with Crippen LogP contribution in [0, 0.1) is 0 Å². The summed E-state index contributed by atoms with van der Waals surface area (Å²) in [5.41, 5.74) is 0. The maximum atomic E-state index is 5.94. The number of halogens is 3. The maximum Gasteiger partial charge on any atom is 0.321 e. The highest BCUT2D eigenvalue weighted by molar-refractivity contribution is 7.99. The lowest BCUT2D eigenvalue weighted by Crippen LogP contribution is -2.00. The zero-order valence-corrected chi connectivity index (χ0v) is 12.8. The molecule has 0 aliphatic rings. The molecule has 0 aliphatic heterocycles. The van der Waals surface area contributed by atoms with Crippen LogP contribution in [0.3, 0.4) is 0 Å². The highest BCUT2D eigenvalue weighted by atomic mass is 35.5. The smallest absolute Gasteiger partial charge is 0.321 e. The molecule has 2 aromatic rings. The van der Waals surface area contributed by atoms with Crippen molar-refractivity contribution in [2.45, 2.75) is 17.0 Å². The molecule has 0 spiro atoms. The Hall–Kier alpha value is -0.750. The summed E-state index contributed by atoms with van der Waals surface area (Å²) in [6.45, 7) is 2.29. The number of ether oxygens (including phenoxy) is 1. The van der Waals surface area contributed by atoms with E-state index in [4.69, 9.17) is 39.5 Å². The maximum absolute atomic E-state index is 5.94. The lowest BCUT2D eigenvalue weighted by Gasteiger charge is -2.04. The molecule has 0 amide bonds. The first-order valence-electron chi connectivity index (χ1n) is 5.25. The van der Waals surface area contributed by atoms with E-state index in [0.717, 1.165) is 4.90 Å². The van der Waals surface area contributed by atoms with E-state index >= 15 is 0 Å². The minimum Gasteiger partial charge on any atom is -0.464 e. The zero-order valence-electron chi connectivity index (χ0n) is 9.73. The fraction of sp³-hybridized carbons (Fsp3) is 0.182. The predicted molar refractivity (Wildman–Crippen MR) is 76.6 cm³/mol. The number of hydrogen-bond acceptors (Lipinski definition) is 5. The van der Waals surface area contributed by atoms with Gasteiger partial charge in [-0.15, -0.1) is 0 Å². The number of hydrogen-bond donors (Lipinski definition) is 0. The van der Waals surface area contributed by atoms with Crippen molar-refractivity contribution in [3.63, 3.8) is 0 Å². The van der Waals surface area contributed by atoms with Gasteiger partial charge >= 0.3 is 6.01 Å². The van der Waals surface area contributed by atoms with Gasteiger partial charge in [0.05, 0.1) is 16.7 Å². The molecule has 0 saturated heterocycles. The second kappa shape index (κ2) is 6.61. The first-order chi connectivity index (χ1) is 9.08. The fourth-order valence-electron chi connectivity index (χ4n) is 1.20. The minimum absolute atomic E-state index is 0.0843. The Labute approximate surface area is 129 Å². The molecule has 0 aliphatic carbocycles. The van der Waals surface area contributed by atoms with Crippen LogP contribution in [0.4, 0.5) is 0 Å². The summed E-state index contributed by atoms with van der Waals surface area (Å²) in [6.07, 6.45) is 0. The molecule has 100 valence electrons. The van der Waals surface area contributed by atoms with E-state index < -0.39 is 0 Å². The highest BCUT2D eigenvalue weighted by Gasteiger charge is 2.08. The molecule has 0 saturated carbocycles. The molecular weight excluding hydrogens is 329 g/mol. The second-order valence-electron chi connectivity index (χ2n) is 3.28. The molecule has 2 rings (SSSR count). The summed E-state index contributed by atoms with van der Waals surface area (Å²) < 4.78 is 5.20. The first kappa shape index (κ1) is 14.7. The van der Waals surface area contributed by atoms with Gasteiger partial charge in [0.2, 0.25) is 5.28 Å². The SMILES string of the molecule is CCOc1nc(Cl)nc(Sc2ccc(Cl)c(Cl)c2)n1. The van der Waals surface area contributed by atoms with Crippen molar-refractivity contribution in [3.05, 3.63) is 33.5 Å². The Bertz CT molecular complexity index is 597. The van der Waals surface area contributed by atoms with Crippen molar-refractivity contribution in [2.75, 3.05) is 6.61 Å². The van der Waals surface area contributed by atoms with E-state index in [2.05, 4.69) is 15.0 Å².